The van der Waals surface area contributed by atoms with Crippen molar-refractivity contribution < 1.29 is 7.16 Å². The van der Waals surface area contributed by atoms with Crippen molar-refractivity contribution in [2.75, 3.05) is 0 Å². The van der Waals surface area contributed by atoms with Crippen molar-refractivity contribution in [2.45, 2.75) is 44.4 Å². The number of para-hydroxylation sites is 1. The van der Waals surface area contributed by atoms with Crippen LogP contribution in [-0.2, 0) is 6.37 Å². The van der Waals surface area contributed by atoms with Crippen molar-refractivity contribution in [1.29, 1.82) is 5.26 Å². The van der Waals surface area contributed by atoms with Crippen LogP contribution < -0.4 is 4.40 Å². The number of rotatable bonds is 3. The van der Waals surface area contributed by atoms with Crippen molar-refractivity contribution in [2.24, 2.45) is 5.41 Å². The Labute approximate surface area is 183 Å². The van der Waals surface area contributed by atoms with E-state index in [1.807, 2.05) is 63.4 Å². The zero-order valence-electron chi connectivity index (χ0n) is 20.3. The van der Waals surface area contributed by atoms with Crippen LogP contribution in [0.2, 0.25) is 17.3 Å². The molecule has 0 N–H and O–H groups in total. The quantitative estimate of drug-likeness (QED) is 0.350. The summed E-state index contributed by atoms with van der Waals surface area (Å²) in [6.45, 7) is 5.81. The van der Waals surface area contributed by atoms with Gasteiger partial charge < -0.3 is 0 Å². The van der Waals surface area contributed by atoms with Gasteiger partial charge in [0.2, 0.25) is 0 Å². The molecule has 0 spiro atoms. The number of hydrogen-bond acceptors (Lipinski definition) is 4. The fourth-order valence-corrected chi connectivity index (χ4v) is 6.58. The molecule has 4 rings (SSSR count). The normalized spacial score (nSPS) is 13.9. The van der Waals surface area contributed by atoms with Crippen LogP contribution in [0.4, 0.5) is 0 Å². The van der Waals surface area contributed by atoms with Crippen molar-refractivity contribution in [3.8, 4) is 17.3 Å². The monoisotopic (exact) mass is 461 g/mol. The van der Waals surface area contributed by atoms with Crippen LogP contribution in [0, 0.1) is 16.7 Å². The van der Waals surface area contributed by atoms with Gasteiger partial charge in [0, 0.05) is 0 Å². The van der Waals surface area contributed by atoms with Crippen LogP contribution in [-0.4, -0.2) is 23.2 Å². The second-order valence-corrected chi connectivity index (χ2v) is 20.3. The van der Waals surface area contributed by atoms with Gasteiger partial charge in [-0.2, -0.15) is 0 Å². The second kappa shape index (κ2) is 7.24. The van der Waals surface area contributed by atoms with Gasteiger partial charge >= 0.3 is 183 Å². The minimum absolute atomic E-state index is 0.304. The number of hydrogen-bond donors (Lipinski definition) is 0. The third-order valence-electron chi connectivity index (χ3n) is 4.98. The molecule has 0 aliphatic rings. The van der Waals surface area contributed by atoms with Crippen LogP contribution in [0.25, 0.3) is 33.3 Å². The average Bonchev–Trinajstić information content (AvgIpc) is 3.09. The van der Waals surface area contributed by atoms with Crippen molar-refractivity contribution in [3.63, 3.8) is 0 Å². The van der Waals surface area contributed by atoms with E-state index in [1.54, 1.807) is 6.07 Å². The molecule has 5 heteroatoms. The predicted molar refractivity (Wildman–Crippen MR) is 126 cm³/mol. The second-order valence-electron chi connectivity index (χ2n) is 9.69. The van der Waals surface area contributed by atoms with Gasteiger partial charge in [-0.3, -0.25) is 0 Å². The van der Waals surface area contributed by atoms with E-state index in [0.29, 0.717) is 22.7 Å². The zero-order chi connectivity index (χ0) is 23.5. The Bertz CT molecular complexity index is 1390. The Hall–Kier alpha value is -2.65. The van der Waals surface area contributed by atoms with E-state index in [4.69, 9.17) is 12.1 Å². The molecule has 3 aromatic heterocycles. The maximum atomic E-state index is 9.17. The molecular formula is C25H27GeN3O. The molecule has 0 atom stereocenters. The van der Waals surface area contributed by atoms with E-state index in [-0.39, 0.29) is 0 Å². The molecule has 0 fully saturated rings. The average molecular weight is 460 g/mol. The van der Waals surface area contributed by atoms with Crippen LogP contribution in [0.1, 0.15) is 34.8 Å². The van der Waals surface area contributed by atoms with E-state index in [0.717, 1.165) is 26.3 Å². The van der Waals surface area contributed by atoms with Crippen molar-refractivity contribution in [1.82, 2.24) is 9.97 Å². The van der Waals surface area contributed by atoms with Gasteiger partial charge in [0.1, 0.15) is 0 Å². The maximum absolute atomic E-state index is 9.17. The first-order chi connectivity index (χ1) is 14.8. The Morgan fingerprint density at radius 3 is 2.57 bits per heavy atom. The molecule has 152 valence electrons. The first-order valence-electron chi connectivity index (χ1n) is 11.1. The number of furan rings is 1. The van der Waals surface area contributed by atoms with Crippen molar-refractivity contribution in [3.05, 3.63) is 53.9 Å². The van der Waals surface area contributed by atoms with Gasteiger partial charge in [0.25, 0.3) is 0 Å². The number of pyridine rings is 2. The number of nitrogens with zero attached hydrogens (tertiary/aromatic N) is 3. The molecule has 0 saturated heterocycles. The standard InChI is InChI=1S/C25H27GeN3O/c1-25(2,3)13-16-12-22(28-15-21(16)26(4,5)6)20-9-7-8-18-19-11-10-17(14-27)29-24(19)30-23(18)20/h7-12,15H,13H2,1-6H3/i13D2. The van der Waals surface area contributed by atoms with E-state index < -0.39 is 25.1 Å². The van der Waals surface area contributed by atoms with Crippen LogP contribution >= 0.6 is 0 Å². The van der Waals surface area contributed by atoms with E-state index in [9.17, 15) is 5.26 Å². The predicted octanol–water partition coefficient (Wildman–Crippen LogP) is 6.05. The molecule has 0 unspecified atom stereocenters. The molecule has 0 radical (unpaired) electrons. The van der Waals surface area contributed by atoms with Crippen LogP contribution in [0.15, 0.2) is 47.0 Å². The molecule has 4 aromatic rings. The van der Waals surface area contributed by atoms with Gasteiger partial charge in [0.05, 0.1) is 0 Å². The van der Waals surface area contributed by atoms with Gasteiger partial charge in [-0.15, -0.1) is 0 Å². The summed E-state index contributed by atoms with van der Waals surface area (Å²) in [6.07, 6.45) is 0.353. The summed E-state index contributed by atoms with van der Waals surface area (Å²) in [5.41, 5.74) is 2.98. The molecule has 0 aliphatic carbocycles. The van der Waals surface area contributed by atoms with Crippen LogP contribution in [0.5, 0.6) is 0 Å². The minimum atomic E-state index is -2.40. The number of fused-ring (bicyclic) bond motifs is 3. The van der Waals surface area contributed by atoms with E-state index in [2.05, 4.69) is 22.3 Å². The van der Waals surface area contributed by atoms with Gasteiger partial charge in [-0.05, 0) is 0 Å². The van der Waals surface area contributed by atoms with E-state index >= 15 is 0 Å². The first-order valence-corrected chi connectivity index (χ1v) is 17.4. The third kappa shape index (κ3) is 3.87. The Morgan fingerprint density at radius 1 is 1.13 bits per heavy atom. The summed E-state index contributed by atoms with van der Waals surface area (Å²) in [6, 6.07) is 13.3. The zero-order valence-corrected chi connectivity index (χ0v) is 20.4. The Morgan fingerprint density at radius 2 is 1.90 bits per heavy atom. The van der Waals surface area contributed by atoms with Gasteiger partial charge in [0.15, 0.2) is 0 Å². The summed E-state index contributed by atoms with van der Waals surface area (Å²) in [5.74, 6) is 6.78. The SMILES string of the molecule is [2H]C([2H])(c1cc(-c2cccc3c2oc2nc(C#N)ccc23)nc[c]1[Ge]([CH3])([CH3])[CH3])C(C)(C)C. The molecule has 0 amide bonds. The molecule has 0 aliphatic heterocycles. The Kier molecular flexibility index (Phi) is 4.38. The number of nitriles is 1. The molecule has 0 saturated carbocycles. The summed E-state index contributed by atoms with van der Waals surface area (Å²) in [4.78, 5) is 9.07. The molecule has 0 bridgehead atoms. The summed E-state index contributed by atoms with van der Waals surface area (Å²) in [7, 11) is 0. The molecule has 3 heterocycles. The molecule has 4 nitrogen and oxygen atoms in total. The molecule has 30 heavy (non-hydrogen) atoms. The summed E-state index contributed by atoms with van der Waals surface area (Å²) in [5, 5.41) is 10.9. The topological polar surface area (TPSA) is 62.7 Å². The summed E-state index contributed by atoms with van der Waals surface area (Å²) < 4.78 is 25.2. The number of benzene rings is 1. The van der Waals surface area contributed by atoms with Gasteiger partial charge in [-0.25, -0.2) is 0 Å². The fourth-order valence-electron chi connectivity index (χ4n) is 3.65. The summed E-state index contributed by atoms with van der Waals surface area (Å²) >= 11 is -2.40. The molecule has 1 aromatic carbocycles. The number of aromatic nitrogens is 2. The van der Waals surface area contributed by atoms with Gasteiger partial charge in [-0.1, -0.05) is 0 Å². The Balaban J connectivity index is 2.00. The first kappa shape index (κ1) is 18.1. The van der Waals surface area contributed by atoms with Crippen LogP contribution in [0.3, 0.4) is 0 Å². The van der Waals surface area contributed by atoms with E-state index in [1.165, 1.54) is 0 Å². The third-order valence-corrected chi connectivity index (χ3v) is 9.20. The fraction of sp³-hybridized carbons (Fsp3) is 0.320. The molecular weight excluding hydrogens is 431 g/mol. The van der Waals surface area contributed by atoms with Crippen molar-refractivity contribution >= 4 is 39.7 Å².